The highest BCUT2D eigenvalue weighted by Crippen LogP contribution is 2.26. The van der Waals surface area contributed by atoms with Gasteiger partial charge in [0.2, 0.25) is 5.88 Å². The van der Waals surface area contributed by atoms with Crippen LogP contribution in [0.25, 0.3) is 0 Å². The number of pyridine rings is 1. The molecule has 0 spiro atoms. The van der Waals surface area contributed by atoms with E-state index >= 15 is 0 Å². The third-order valence-corrected chi connectivity index (χ3v) is 4.80. The zero-order valence-electron chi connectivity index (χ0n) is 14.1. The van der Waals surface area contributed by atoms with Crippen molar-refractivity contribution in [2.24, 2.45) is 0 Å². The molecule has 8 heteroatoms. The molecule has 1 atom stereocenters. The van der Waals surface area contributed by atoms with E-state index in [4.69, 9.17) is 4.74 Å². The largest absolute Gasteiger partial charge is 0.474 e. The summed E-state index contributed by atoms with van der Waals surface area (Å²) in [5, 5.41) is 17.5. The first-order valence-electron chi connectivity index (χ1n) is 8.62. The van der Waals surface area contributed by atoms with E-state index in [1.165, 1.54) is 6.42 Å². The van der Waals surface area contributed by atoms with E-state index < -0.39 is 6.10 Å². The van der Waals surface area contributed by atoms with Crippen molar-refractivity contribution in [3.63, 3.8) is 0 Å². The SMILES string of the molecule is CC(O)c1cn(C2CN(C(=O)c3ccnc(OC4CCC4)c3)C2)nn1. The van der Waals surface area contributed by atoms with Crippen LogP contribution in [-0.4, -0.2) is 55.1 Å². The van der Waals surface area contributed by atoms with Gasteiger partial charge in [-0.3, -0.25) is 4.79 Å². The number of aromatic nitrogens is 4. The van der Waals surface area contributed by atoms with E-state index in [0.717, 1.165) is 12.8 Å². The number of amides is 1. The minimum atomic E-state index is -0.641. The van der Waals surface area contributed by atoms with E-state index in [9.17, 15) is 9.90 Å². The smallest absolute Gasteiger partial charge is 0.254 e. The number of ether oxygens (including phenoxy) is 1. The predicted octanol–water partition coefficient (Wildman–Crippen LogP) is 1.35. The Kier molecular flexibility index (Phi) is 4.12. The van der Waals surface area contributed by atoms with Gasteiger partial charge in [0.1, 0.15) is 11.8 Å². The van der Waals surface area contributed by atoms with Crippen LogP contribution in [0.2, 0.25) is 0 Å². The number of hydrogen-bond acceptors (Lipinski definition) is 6. The van der Waals surface area contributed by atoms with E-state index in [0.29, 0.717) is 30.2 Å². The van der Waals surface area contributed by atoms with Gasteiger partial charge in [0.05, 0.1) is 18.3 Å². The zero-order valence-corrected chi connectivity index (χ0v) is 14.1. The fourth-order valence-corrected chi connectivity index (χ4v) is 2.90. The molecule has 0 radical (unpaired) electrons. The number of carbonyl (C=O) groups excluding carboxylic acids is 1. The first-order chi connectivity index (χ1) is 12.1. The molecule has 1 aliphatic heterocycles. The van der Waals surface area contributed by atoms with Crippen LogP contribution in [0.4, 0.5) is 0 Å². The van der Waals surface area contributed by atoms with Gasteiger partial charge < -0.3 is 14.7 Å². The van der Waals surface area contributed by atoms with Crippen LogP contribution >= 0.6 is 0 Å². The van der Waals surface area contributed by atoms with Gasteiger partial charge in [0.25, 0.3) is 5.91 Å². The van der Waals surface area contributed by atoms with Gasteiger partial charge in [-0.15, -0.1) is 5.10 Å². The molecule has 1 N–H and O–H groups in total. The molecule has 3 heterocycles. The van der Waals surface area contributed by atoms with Crippen molar-refractivity contribution in [1.29, 1.82) is 0 Å². The third-order valence-electron chi connectivity index (χ3n) is 4.80. The molecule has 25 heavy (non-hydrogen) atoms. The number of rotatable bonds is 5. The van der Waals surface area contributed by atoms with Crippen molar-refractivity contribution in [3.05, 3.63) is 35.8 Å². The molecule has 1 saturated heterocycles. The first kappa shape index (κ1) is 16.0. The van der Waals surface area contributed by atoms with E-state index in [1.807, 2.05) is 0 Å². The Morgan fingerprint density at radius 3 is 2.84 bits per heavy atom. The van der Waals surface area contributed by atoms with Crippen molar-refractivity contribution >= 4 is 5.91 Å². The highest BCUT2D eigenvalue weighted by atomic mass is 16.5. The summed E-state index contributed by atoms with van der Waals surface area (Å²) in [4.78, 5) is 18.5. The molecule has 2 fully saturated rings. The lowest BCUT2D eigenvalue weighted by Crippen LogP contribution is -2.50. The monoisotopic (exact) mass is 343 g/mol. The van der Waals surface area contributed by atoms with Crippen molar-refractivity contribution in [2.45, 2.75) is 44.4 Å². The molecule has 0 aromatic carbocycles. The van der Waals surface area contributed by atoms with Gasteiger partial charge in [-0.2, -0.15) is 0 Å². The molecule has 2 aromatic rings. The maximum atomic E-state index is 12.6. The zero-order chi connectivity index (χ0) is 17.4. The highest BCUT2D eigenvalue weighted by molar-refractivity contribution is 5.95. The lowest BCUT2D eigenvalue weighted by Gasteiger charge is -2.38. The maximum Gasteiger partial charge on any atom is 0.254 e. The van der Waals surface area contributed by atoms with Crippen LogP contribution in [0, 0.1) is 0 Å². The standard InChI is InChI=1S/C17H21N5O3/c1-11(23)15-10-22(20-19-15)13-8-21(9-13)17(24)12-5-6-18-16(7-12)25-14-3-2-4-14/h5-7,10-11,13-14,23H,2-4,8-9H2,1H3. The van der Waals surface area contributed by atoms with Crippen LogP contribution in [0.1, 0.15) is 54.4 Å². The van der Waals surface area contributed by atoms with Crippen LogP contribution in [0.15, 0.2) is 24.5 Å². The van der Waals surface area contributed by atoms with Gasteiger partial charge in [-0.25, -0.2) is 9.67 Å². The second-order valence-electron chi connectivity index (χ2n) is 6.72. The van der Waals surface area contributed by atoms with Gasteiger partial charge >= 0.3 is 0 Å². The Morgan fingerprint density at radius 1 is 1.40 bits per heavy atom. The Labute approximate surface area is 145 Å². The summed E-state index contributed by atoms with van der Waals surface area (Å²) in [5.41, 5.74) is 1.13. The Hall–Kier alpha value is -2.48. The highest BCUT2D eigenvalue weighted by Gasteiger charge is 2.33. The van der Waals surface area contributed by atoms with Crippen LogP contribution < -0.4 is 4.74 Å². The quantitative estimate of drug-likeness (QED) is 0.881. The summed E-state index contributed by atoms with van der Waals surface area (Å²) in [6.07, 6.45) is 6.25. The van der Waals surface area contributed by atoms with Crippen molar-refractivity contribution in [2.75, 3.05) is 13.1 Å². The average Bonchev–Trinajstić information content (AvgIpc) is 2.99. The lowest BCUT2D eigenvalue weighted by molar-refractivity contribution is 0.0496. The predicted molar refractivity (Wildman–Crippen MR) is 88.1 cm³/mol. The summed E-state index contributed by atoms with van der Waals surface area (Å²) in [7, 11) is 0. The molecule has 0 bridgehead atoms. The fraction of sp³-hybridized carbons (Fsp3) is 0.529. The number of nitrogens with zero attached hydrogens (tertiary/aromatic N) is 5. The second-order valence-corrected chi connectivity index (χ2v) is 6.72. The molecule has 1 saturated carbocycles. The van der Waals surface area contributed by atoms with Gasteiger partial charge in [0.15, 0.2) is 0 Å². The van der Waals surface area contributed by atoms with E-state index in [2.05, 4.69) is 15.3 Å². The Morgan fingerprint density at radius 2 is 2.20 bits per heavy atom. The van der Waals surface area contributed by atoms with Gasteiger partial charge in [0, 0.05) is 30.9 Å². The van der Waals surface area contributed by atoms with Crippen molar-refractivity contribution in [1.82, 2.24) is 24.9 Å². The lowest BCUT2D eigenvalue weighted by atomic mass is 9.96. The normalized spacial score (nSPS) is 19.2. The van der Waals surface area contributed by atoms with Crippen LogP contribution in [-0.2, 0) is 0 Å². The average molecular weight is 343 g/mol. The van der Waals surface area contributed by atoms with Crippen LogP contribution in [0.3, 0.4) is 0 Å². The molecule has 8 nitrogen and oxygen atoms in total. The summed E-state index contributed by atoms with van der Waals surface area (Å²) in [6, 6.07) is 3.52. The van der Waals surface area contributed by atoms with Crippen molar-refractivity contribution < 1.29 is 14.6 Å². The van der Waals surface area contributed by atoms with Crippen molar-refractivity contribution in [3.8, 4) is 5.88 Å². The minimum absolute atomic E-state index is 0.0343. The molecule has 2 aromatic heterocycles. The molecule has 1 amide bonds. The number of aliphatic hydroxyl groups excluding tert-OH is 1. The van der Waals surface area contributed by atoms with Crippen LogP contribution in [0.5, 0.6) is 5.88 Å². The summed E-state index contributed by atoms with van der Waals surface area (Å²) in [5.74, 6) is 0.485. The molecular weight excluding hydrogens is 322 g/mol. The fourth-order valence-electron chi connectivity index (χ4n) is 2.90. The third kappa shape index (κ3) is 3.21. The minimum Gasteiger partial charge on any atom is -0.474 e. The topological polar surface area (TPSA) is 93.4 Å². The molecule has 1 aliphatic carbocycles. The summed E-state index contributed by atoms with van der Waals surface area (Å²) in [6.45, 7) is 2.79. The number of hydrogen-bond donors (Lipinski definition) is 1. The molecule has 1 unspecified atom stereocenters. The summed E-state index contributed by atoms with van der Waals surface area (Å²) >= 11 is 0. The molecule has 132 valence electrons. The molecule has 2 aliphatic rings. The Bertz CT molecular complexity index is 765. The maximum absolute atomic E-state index is 12.6. The summed E-state index contributed by atoms with van der Waals surface area (Å²) < 4.78 is 7.47. The van der Waals surface area contributed by atoms with E-state index in [-0.39, 0.29) is 18.1 Å². The van der Waals surface area contributed by atoms with E-state index in [1.54, 1.807) is 41.0 Å². The molecular formula is C17H21N5O3. The van der Waals surface area contributed by atoms with Gasteiger partial charge in [-0.1, -0.05) is 5.21 Å². The number of aliphatic hydroxyl groups is 1. The number of carbonyl (C=O) groups is 1. The van der Waals surface area contributed by atoms with Gasteiger partial charge in [-0.05, 0) is 32.3 Å². The first-order valence-corrected chi connectivity index (χ1v) is 8.62. The number of likely N-dealkylation sites (tertiary alicyclic amines) is 1. The Balaban J connectivity index is 1.36. The second kappa shape index (κ2) is 6.44. The molecule has 4 rings (SSSR count).